The summed E-state index contributed by atoms with van der Waals surface area (Å²) in [5, 5.41) is 0.541. The third kappa shape index (κ3) is 4.48. The van der Waals surface area contributed by atoms with Gasteiger partial charge in [0.1, 0.15) is 12.0 Å². The van der Waals surface area contributed by atoms with E-state index in [1.165, 1.54) is 0 Å². The first kappa shape index (κ1) is 15.4. The van der Waals surface area contributed by atoms with E-state index in [0.29, 0.717) is 22.8 Å². The Bertz CT molecular complexity index is 614. The van der Waals surface area contributed by atoms with Crippen molar-refractivity contribution in [3.05, 3.63) is 64.7 Å². The number of carbonyl (C=O) groups excluding carboxylic acids is 1. The molecule has 4 N–H and O–H groups in total. The number of rotatable bonds is 6. The van der Waals surface area contributed by atoms with E-state index in [9.17, 15) is 4.79 Å². The Hall–Kier alpha value is -2.04. The molecule has 0 saturated heterocycles. The Morgan fingerprint density at radius 3 is 2.43 bits per heavy atom. The Balaban J connectivity index is 1.88. The van der Waals surface area contributed by atoms with Crippen molar-refractivity contribution >= 4 is 17.5 Å². The van der Waals surface area contributed by atoms with Gasteiger partial charge in [0, 0.05) is 12.0 Å². The third-order valence-corrected chi connectivity index (χ3v) is 3.38. The summed E-state index contributed by atoms with van der Waals surface area (Å²) >= 11 is 6.01. The molecule has 0 aliphatic rings. The number of hydrogen-bond donors (Lipinski definition) is 2. The molecule has 0 radical (unpaired) electrons. The van der Waals surface area contributed by atoms with Crippen molar-refractivity contribution in [1.82, 2.24) is 0 Å². The summed E-state index contributed by atoms with van der Waals surface area (Å²) in [7, 11) is 0. The second-order valence-electron chi connectivity index (χ2n) is 4.69. The van der Waals surface area contributed by atoms with E-state index in [2.05, 4.69) is 0 Å². The lowest BCUT2D eigenvalue weighted by Crippen LogP contribution is -2.27. The van der Waals surface area contributed by atoms with Crippen LogP contribution in [0.1, 0.15) is 22.3 Å². The van der Waals surface area contributed by atoms with Crippen molar-refractivity contribution in [2.75, 3.05) is 0 Å². The molecule has 4 nitrogen and oxygen atoms in total. The molecule has 2 rings (SSSR count). The van der Waals surface area contributed by atoms with Crippen molar-refractivity contribution in [2.24, 2.45) is 11.5 Å². The quantitative estimate of drug-likeness (QED) is 0.805. The zero-order chi connectivity index (χ0) is 15.2. The van der Waals surface area contributed by atoms with Gasteiger partial charge in [0.25, 0.3) is 0 Å². The Kier molecular flexibility index (Phi) is 5.20. The van der Waals surface area contributed by atoms with E-state index in [0.717, 1.165) is 12.0 Å². The van der Waals surface area contributed by atoms with Crippen LogP contribution in [0, 0.1) is 0 Å². The van der Waals surface area contributed by atoms with Crippen LogP contribution < -0.4 is 16.2 Å². The number of benzene rings is 2. The van der Waals surface area contributed by atoms with Gasteiger partial charge in [0.15, 0.2) is 0 Å². The molecule has 0 saturated carbocycles. The van der Waals surface area contributed by atoms with Crippen LogP contribution in [-0.2, 0) is 6.42 Å². The summed E-state index contributed by atoms with van der Waals surface area (Å²) in [6, 6.07) is 14.4. The molecule has 5 heteroatoms. The first-order valence-corrected chi connectivity index (χ1v) is 6.99. The molecule has 110 valence electrons. The number of halogens is 1. The van der Waals surface area contributed by atoms with Gasteiger partial charge in [-0.05, 0) is 36.2 Å². The maximum atomic E-state index is 11.0. The minimum Gasteiger partial charge on any atom is -0.474 e. The van der Waals surface area contributed by atoms with Gasteiger partial charge >= 0.3 is 0 Å². The van der Waals surface area contributed by atoms with Crippen LogP contribution in [0.5, 0.6) is 5.75 Å². The van der Waals surface area contributed by atoms with Crippen molar-refractivity contribution in [3.63, 3.8) is 0 Å². The van der Waals surface area contributed by atoms with E-state index in [1.54, 1.807) is 24.3 Å². The van der Waals surface area contributed by atoms with Crippen LogP contribution in [0.25, 0.3) is 0 Å². The summed E-state index contributed by atoms with van der Waals surface area (Å²) in [5.41, 5.74) is 12.7. The fraction of sp³-hybridized carbons (Fsp3) is 0.188. The highest BCUT2D eigenvalue weighted by Crippen LogP contribution is 2.24. The number of carbonyl (C=O) groups is 1. The van der Waals surface area contributed by atoms with Gasteiger partial charge in [-0.3, -0.25) is 10.5 Å². The van der Waals surface area contributed by atoms with E-state index >= 15 is 0 Å². The normalized spacial score (nSPS) is 11.9. The molecule has 0 spiro atoms. The molecule has 1 unspecified atom stereocenters. The zero-order valence-corrected chi connectivity index (χ0v) is 12.2. The standard InChI is InChI=1S/C16H17ClN2O2/c17-13-3-1-2-4-14(13)21-15(18)10-7-11-5-8-12(9-6-11)16(19)20/h1-6,8-9,15H,7,10,18H2,(H2,19,20). The van der Waals surface area contributed by atoms with E-state index < -0.39 is 12.1 Å². The predicted octanol–water partition coefficient (Wildman–Crippen LogP) is 2.74. The monoisotopic (exact) mass is 304 g/mol. The molecule has 21 heavy (non-hydrogen) atoms. The van der Waals surface area contributed by atoms with E-state index in [1.807, 2.05) is 24.3 Å². The number of nitrogens with two attached hydrogens (primary N) is 2. The van der Waals surface area contributed by atoms with Crippen molar-refractivity contribution < 1.29 is 9.53 Å². The molecule has 0 bridgehead atoms. The van der Waals surface area contributed by atoms with E-state index in [-0.39, 0.29) is 0 Å². The maximum absolute atomic E-state index is 11.0. The number of ether oxygens (including phenoxy) is 1. The van der Waals surface area contributed by atoms with Crippen LogP contribution in [-0.4, -0.2) is 12.1 Å². The third-order valence-electron chi connectivity index (χ3n) is 3.07. The SMILES string of the molecule is NC(=O)c1ccc(CCC(N)Oc2ccccc2Cl)cc1. The lowest BCUT2D eigenvalue weighted by Gasteiger charge is -2.15. The zero-order valence-electron chi connectivity index (χ0n) is 11.5. The van der Waals surface area contributed by atoms with Gasteiger partial charge in [-0.25, -0.2) is 0 Å². The lowest BCUT2D eigenvalue weighted by atomic mass is 10.1. The van der Waals surface area contributed by atoms with Gasteiger partial charge in [0.05, 0.1) is 5.02 Å². The summed E-state index contributed by atoms with van der Waals surface area (Å²) in [4.78, 5) is 11.0. The maximum Gasteiger partial charge on any atom is 0.248 e. The minimum atomic E-state index is -0.444. The fourth-order valence-electron chi connectivity index (χ4n) is 1.91. The summed E-state index contributed by atoms with van der Waals surface area (Å²) < 4.78 is 5.60. The number of hydrogen-bond acceptors (Lipinski definition) is 3. The molecule has 0 aliphatic carbocycles. The number of amides is 1. The van der Waals surface area contributed by atoms with E-state index in [4.69, 9.17) is 27.8 Å². The number of para-hydroxylation sites is 1. The second-order valence-corrected chi connectivity index (χ2v) is 5.09. The fourth-order valence-corrected chi connectivity index (χ4v) is 2.09. The van der Waals surface area contributed by atoms with Gasteiger partial charge in [0.2, 0.25) is 5.91 Å². The predicted molar refractivity (Wildman–Crippen MR) is 83.3 cm³/mol. The molecule has 0 fully saturated rings. The Morgan fingerprint density at radius 2 is 1.81 bits per heavy atom. The lowest BCUT2D eigenvalue weighted by molar-refractivity contribution is 0.1000. The molecule has 1 amide bonds. The van der Waals surface area contributed by atoms with Crippen molar-refractivity contribution in [3.8, 4) is 5.75 Å². The molecule has 2 aromatic rings. The summed E-state index contributed by atoms with van der Waals surface area (Å²) in [6.45, 7) is 0. The van der Waals surface area contributed by atoms with Crippen molar-refractivity contribution in [1.29, 1.82) is 0 Å². The molecule has 0 heterocycles. The van der Waals surface area contributed by atoms with Gasteiger partial charge in [-0.2, -0.15) is 0 Å². The topological polar surface area (TPSA) is 78.3 Å². The van der Waals surface area contributed by atoms with Crippen LogP contribution in [0.2, 0.25) is 5.02 Å². The molecule has 0 aromatic heterocycles. The summed E-state index contributed by atoms with van der Waals surface area (Å²) in [6.07, 6.45) is 0.937. The largest absolute Gasteiger partial charge is 0.474 e. The van der Waals surface area contributed by atoms with Crippen molar-refractivity contribution in [2.45, 2.75) is 19.1 Å². The minimum absolute atomic E-state index is 0.430. The smallest absolute Gasteiger partial charge is 0.248 e. The molecule has 2 aromatic carbocycles. The molecule has 0 aliphatic heterocycles. The second kappa shape index (κ2) is 7.11. The first-order chi connectivity index (χ1) is 10.1. The highest BCUT2D eigenvalue weighted by molar-refractivity contribution is 6.32. The van der Waals surface area contributed by atoms with Crippen LogP contribution in [0.15, 0.2) is 48.5 Å². The van der Waals surface area contributed by atoms with Gasteiger partial charge in [-0.15, -0.1) is 0 Å². The van der Waals surface area contributed by atoms with Crippen LogP contribution in [0.3, 0.4) is 0 Å². The Labute approximate surface area is 128 Å². The Morgan fingerprint density at radius 1 is 1.14 bits per heavy atom. The van der Waals surface area contributed by atoms with Gasteiger partial charge in [-0.1, -0.05) is 35.9 Å². The number of primary amides is 1. The number of aryl methyl sites for hydroxylation is 1. The van der Waals surface area contributed by atoms with Crippen LogP contribution in [0.4, 0.5) is 0 Å². The highest BCUT2D eigenvalue weighted by Gasteiger charge is 2.08. The van der Waals surface area contributed by atoms with Gasteiger partial charge < -0.3 is 10.5 Å². The van der Waals surface area contributed by atoms with Crippen LogP contribution >= 0.6 is 11.6 Å². The average molecular weight is 305 g/mol. The average Bonchev–Trinajstić information content (AvgIpc) is 2.48. The molecular weight excluding hydrogens is 288 g/mol. The molecule has 1 atom stereocenters. The molecular formula is C16H17ClN2O2. The first-order valence-electron chi connectivity index (χ1n) is 6.62. The highest BCUT2D eigenvalue weighted by atomic mass is 35.5. The summed E-state index contributed by atoms with van der Waals surface area (Å²) in [5.74, 6) is 0.149.